The summed E-state index contributed by atoms with van der Waals surface area (Å²) in [5, 5.41) is 62.1. The maximum atomic E-state index is 13.6. The topological polar surface area (TPSA) is 204 Å². The number of rotatable bonds is 4. The maximum absolute atomic E-state index is 13.6. The first-order chi connectivity index (χ1) is 17.9. The van der Waals surface area contributed by atoms with E-state index in [9.17, 15) is 35.1 Å². The number of nitrogens with two attached hydrogens (primary N) is 1. The molecule has 8 N–H and O–H groups in total. The molecule has 0 amide bonds. The SMILES string of the molecule is Cc1cccc2c1C(=O)c1c(O)c3c(c(O)c1C2=O)C[C@](O)(C(=N)CO)C[C@H]3OC1C[C@@H](N)[C@@H](O)[C@@H](C)O1. The zero-order valence-corrected chi connectivity index (χ0v) is 20.9. The summed E-state index contributed by atoms with van der Waals surface area (Å²) in [7, 11) is 0. The van der Waals surface area contributed by atoms with Gasteiger partial charge in [0.25, 0.3) is 0 Å². The third-order valence-electron chi connectivity index (χ3n) is 7.89. The Hall–Kier alpha value is -3.19. The van der Waals surface area contributed by atoms with Gasteiger partial charge in [0.15, 0.2) is 17.9 Å². The van der Waals surface area contributed by atoms with Gasteiger partial charge in [-0.3, -0.25) is 9.59 Å². The van der Waals surface area contributed by atoms with E-state index in [0.29, 0.717) is 5.56 Å². The highest BCUT2D eigenvalue weighted by Gasteiger charge is 2.49. The van der Waals surface area contributed by atoms with Crippen LogP contribution in [0.5, 0.6) is 11.5 Å². The van der Waals surface area contributed by atoms with E-state index in [0.717, 1.165) is 0 Å². The van der Waals surface area contributed by atoms with Crippen molar-refractivity contribution in [3.05, 3.63) is 57.1 Å². The molecule has 0 radical (unpaired) electrons. The van der Waals surface area contributed by atoms with Gasteiger partial charge in [-0.2, -0.15) is 0 Å². The van der Waals surface area contributed by atoms with Gasteiger partial charge >= 0.3 is 0 Å². The number of fused-ring (bicyclic) bond motifs is 3. The van der Waals surface area contributed by atoms with Crippen LogP contribution in [0.4, 0.5) is 0 Å². The van der Waals surface area contributed by atoms with E-state index in [1.165, 1.54) is 6.07 Å². The lowest BCUT2D eigenvalue weighted by Crippen LogP contribution is -2.53. The number of ether oxygens (including phenoxy) is 2. The molecule has 3 aliphatic rings. The molecule has 2 aliphatic carbocycles. The number of carbonyl (C=O) groups excluding carboxylic acids is 2. The van der Waals surface area contributed by atoms with Gasteiger partial charge in [0, 0.05) is 47.6 Å². The molecule has 0 spiro atoms. The fourth-order valence-corrected chi connectivity index (χ4v) is 5.80. The highest BCUT2D eigenvalue weighted by molar-refractivity contribution is 6.31. The van der Waals surface area contributed by atoms with Crippen LogP contribution in [0.1, 0.15) is 74.4 Å². The standard InChI is InChI=1S/C27H30N2O9/c1-10-4-3-5-12-18(10)25(34)21-20(23(12)32)24(33)13-7-27(36,16(29)9-30)8-15(19(13)26(21)35)38-17-6-14(28)22(31)11(2)37-17/h3-5,11,14-15,17,22,29-31,33,35-36H,6-9,28H2,1-2H3/t11-,14-,15-,17?,22+,27-/m1/s1. The second-order valence-electron chi connectivity index (χ2n) is 10.3. The molecule has 1 aliphatic heterocycles. The number of aromatic hydroxyl groups is 2. The van der Waals surface area contributed by atoms with Crippen LogP contribution in [0.3, 0.4) is 0 Å². The predicted octanol–water partition coefficient (Wildman–Crippen LogP) is 0.752. The Morgan fingerprint density at radius 3 is 2.53 bits per heavy atom. The molecule has 2 aromatic carbocycles. The van der Waals surface area contributed by atoms with Crippen LogP contribution >= 0.6 is 0 Å². The van der Waals surface area contributed by atoms with Crippen molar-refractivity contribution in [2.24, 2.45) is 5.73 Å². The van der Waals surface area contributed by atoms with Gasteiger partial charge in [0.05, 0.1) is 41.8 Å². The zero-order chi connectivity index (χ0) is 27.7. The van der Waals surface area contributed by atoms with Gasteiger partial charge in [-0.05, 0) is 19.4 Å². The lowest BCUT2D eigenvalue weighted by Gasteiger charge is -2.42. The third-order valence-corrected chi connectivity index (χ3v) is 7.89. The fraction of sp³-hybridized carbons (Fsp3) is 0.444. The van der Waals surface area contributed by atoms with Gasteiger partial charge in [-0.15, -0.1) is 0 Å². The summed E-state index contributed by atoms with van der Waals surface area (Å²) >= 11 is 0. The highest BCUT2D eigenvalue weighted by atomic mass is 16.7. The number of benzene rings is 2. The predicted molar refractivity (Wildman–Crippen MR) is 133 cm³/mol. The number of aliphatic hydroxyl groups is 3. The zero-order valence-electron chi connectivity index (χ0n) is 20.9. The van der Waals surface area contributed by atoms with Crippen molar-refractivity contribution in [1.29, 1.82) is 5.41 Å². The quantitative estimate of drug-likeness (QED) is 0.188. The molecule has 6 atom stereocenters. The van der Waals surface area contributed by atoms with Gasteiger partial charge in [0.2, 0.25) is 0 Å². The lowest BCUT2D eigenvalue weighted by molar-refractivity contribution is -0.245. The van der Waals surface area contributed by atoms with Crippen molar-refractivity contribution in [2.75, 3.05) is 6.61 Å². The first kappa shape index (κ1) is 26.4. The van der Waals surface area contributed by atoms with Crippen LogP contribution in [0.25, 0.3) is 0 Å². The number of phenols is 2. The molecule has 11 nitrogen and oxygen atoms in total. The van der Waals surface area contributed by atoms with Gasteiger partial charge in [0.1, 0.15) is 17.1 Å². The number of phenolic OH excluding ortho intramolecular Hbond substituents is 2. The molecular formula is C27H30N2O9. The second-order valence-corrected chi connectivity index (χ2v) is 10.3. The van der Waals surface area contributed by atoms with Gasteiger partial charge < -0.3 is 46.1 Å². The van der Waals surface area contributed by atoms with Crippen LogP contribution in [-0.4, -0.2) is 79.6 Å². The van der Waals surface area contributed by atoms with Crippen LogP contribution in [0, 0.1) is 12.3 Å². The monoisotopic (exact) mass is 526 g/mol. The molecule has 202 valence electrons. The van der Waals surface area contributed by atoms with Crippen LogP contribution in [0.2, 0.25) is 0 Å². The third kappa shape index (κ3) is 3.85. The minimum atomic E-state index is -2.00. The maximum Gasteiger partial charge on any atom is 0.198 e. The molecule has 0 aromatic heterocycles. The minimum Gasteiger partial charge on any atom is -0.507 e. The van der Waals surface area contributed by atoms with Crippen LogP contribution < -0.4 is 5.73 Å². The summed E-state index contributed by atoms with van der Waals surface area (Å²) in [5.41, 5.74) is 3.43. The summed E-state index contributed by atoms with van der Waals surface area (Å²) in [6.45, 7) is 2.49. The van der Waals surface area contributed by atoms with E-state index in [1.807, 2.05) is 0 Å². The Morgan fingerprint density at radius 1 is 1.18 bits per heavy atom. The molecule has 1 fully saturated rings. The summed E-state index contributed by atoms with van der Waals surface area (Å²) in [5.74, 6) is -2.49. The van der Waals surface area contributed by atoms with E-state index < -0.39 is 83.6 Å². The van der Waals surface area contributed by atoms with Crippen molar-refractivity contribution in [2.45, 2.75) is 69.4 Å². The van der Waals surface area contributed by atoms with E-state index >= 15 is 0 Å². The smallest absolute Gasteiger partial charge is 0.198 e. The van der Waals surface area contributed by atoms with Crippen molar-refractivity contribution < 1.29 is 44.6 Å². The first-order valence-corrected chi connectivity index (χ1v) is 12.3. The van der Waals surface area contributed by atoms with E-state index in [-0.39, 0.29) is 40.7 Å². The van der Waals surface area contributed by atoms with Crippen molar-refractivity contribution in [1.82, 2.24) is 0 Å². The van der Waals surface area contributed by atoms with Crippen LogP contribution in [-0.2, 0) is 15.9 Å². The summed E-state index contributed by atoms with van der Waals surface area (Å²) < 4.78 is 11.8. The Kier molecular flexibility index (Phi) is 6.41. The minimum absolute atomic E-state index is 0.0224. The number of carbonyl (C=O) groups is 2. The second kappa shape index (κ2) is 9.23. The van der Waals surface area contributed by atoms with E-state index in [4.69, 9.17) is 20.6 Å². The Bertz CT molecular complexity index is 1360. The molecule has 1 unspecified atom stereocenters. The number of hydrogen-bond acceptors (Lipinski definition) is 11. The number of aryl methyl sites for hydroxylation is 1. The Balaban J connectivity index is 1.68. The molecule has 11 heteroatoms. The largest absolute Gasteiger partial charge is 0.507 e. The summed E-state index contributed by atoms with van der Waals surface area (Å²) in [6, 6.07) is 4.05. The number of ketones is 2. The summed E-state index contributed by atoms with van der Waals surface area (Å²) in [6.07, 6.45) is -4.53. The Labute approximate surface area is 217 Å². The van der Waals surface area contributed by atoms with Crippen LogP contribution in [0.15, 0.2) is 18.2 Å². The lowest BCUT2D eigenvalue weighted by atomic mass is 9.71. The molecule has 2 aromatic rings. The molecule has 5 rings (SSSR count). The molecule has 38 heavy (non-hydrogen) atoms. The number of nitrogens with one attached hydrogen (secondary N) is 1. The van der Waals surface area contributed by atoms with Crippen molar-refractivity contribution in [3.63, 3.8) is 0 Å². The van der Waals surface area contributed by atoms with Gasteiger partial charge in [-0.25, -0.2) is 0 Å². The molecule has 1 heterocycles. The molecular weight excluding hydrogens is 496 g/mol. The average molecular weight is 527 g/mol. The fourth-order valence-electron chi connectivity index (χ4n) is 5.80. The molecule has 1 saturated heterocycles. The first-order valence-electron chi connectivity index (χ1n) is 12.3. The van der Waals surface area contributed by atoms with E-state index in [1.54, 1.807) is 26.0 Å². The number of hydrogen-bond donors (Lipinski definition) is 7. The normalized spacial score (nSPS) is 30.4. The number of aliphatic hydroxyl groups excluding tert-OH is 2. The van der Waals surface area contributed by atoms with E-state index in [2.05, 4.69) is 0 Å². The van der Waals surface area contributed by atoms with Crippen molar-refractivity contribution in [3.8, 4) is 11.5 Å². The molecule has 0 bridgehead atoms. The molecule has 0 saturated carbocycles. The average Bonchev–Trinajstić information content (AvgIpc) is 2.86. The van der Waals surface area contributed by atoms with Gasteiger partial charge in [-0.1, -0.05) is 18.2 Å². The highest BCUT2D eigenvalue weighted by Crippen LogP contribution is 2.52. The Morgan fingerprint density at radius 2 is 1.87 bits per heavy atom. The van der Waals surface area contributed by atoms with Crippen molar-refractivity contribution >= 4 is 17.3 Å². The summed E-state index contributed by atoms with van der Waals surface area (Å²) in [4.78, 5) is 27.0.